The first kappa shape index (κ1) is 20.3. The van der Waals surface area contributed by atoms with Gasteiger partial charge in [-0.05, 0) is 61.9 Å². The molecular formula is C25H19FO5. The maximum absolute atomic E-state index is 13.1. The minimum atomic E-state index is -0.634. The monoisotopic (exact) mass is 418 g/mol. The van der Waals surface area contributed by atoms with Gasteiger partial charge in [-0.2, -0.15) is 0 Å². The average Bonchev–Trinajstić information content (AvgIpc) is 3.05. The molecule has 156 valence electrons. The molecule has 5 nitrogen and oxygen atoms in total. The molecule has 6 heteroatoms. The summed E-state index contributed by atoms with van der Waals surface area (Å²) in [5.41, 5.74) is 1.97. The molecule has 0 saturated heterocycles. The number of fused-ring (bicyclic) bond motifs is 1. The van der Waals surface area contributed by atoms with Crippen LogP contribution in [0.2, 0.25) is 0 Å². The summed E-state index contributed by atoms with van der Waals surface area (Å²) in [6, 6.07) is 15.5. The second kappa shape index (κ2) is 8.44. The van der Waals surface area contributed by atoms with Gasteiger partial charge < -0.3 is 14.2 Å². The third-order valence-electron chi connectivity index (χ3n) is 4.74. The van der Waals surface area contributed by atoms with Crippen LogP contribution in [0.5, 0.6) is 17.2 Å². The number of carbonyl (C=O) groups excluding carboxylic acids is 2. The van der Waals surface area contributed by atoms with E-state index in [0.29, 0.717) is 29.2 Å². The molecule has 31 heavy (non-hydrogen) atoms. The number of para-hydroxylation sites is 1. The fourth-order valence-electron chi connectivity index (χ4n) is 3.32. The van der Waals surface area contributed by atoms with Gasteiger partial charge in [0.25, 0.3) is 0 Å². The number of ketones is 1. The van der Waals surface area contributed by atoms with Gasteiger partial charge in [-0.3, -0.25) is 4.79 Å². The van der Waals surface area contributed by atoms with Gasteiger partial charge in [-0.15, -0.1) is 0 Å². The highest BCUT2D eigenvalue weighted by molar-refractivity contribution is 6.15. The molecule has 0 fully saturated rings. The number of benzene rings is 3. The van der Waals surface area contributed by atoms with Crippen molar-refractivity contribution < 1.29 is 28.2 Å². The predicted molar refractivity (Wildman–Crippen MR) is 113 cm³/mol. The SMILES string of the molecule is CCOc1ccccc1/C=C1\Oc2cc(OC(=O)c3ccc(F)cc3)cc(C)c2C1=O. The molecule has 1 heterocycles. The Labute approximate surface area is 178 Å². The number of aryl methyl sites for hydroxylation is 1. The Morgan fingerprint density at radius 2 is 1.84 bits per heavy atom. The number of halogens is 1. The summed E-state index contributed by atoms with van der Waals surface area (Å²) in [6.45, 7) is 4.12. The van der Waals surface area contributed by atoms with Crippen molar-refractivity contribution in [3.8, 4) is 17.2 Å². The lowest BCUT2D eigenvalue weighted by atomic mass is 10.0. The zero-order valence-corrected chi connectivity index (χ0v) is 17.0. The maximum Gasteiger partial charge on any atom is 0.343 e. The molecule has 0 N–H and O–H groups in total. The van der Waals surface area contributed by atoms with E-state index in [1.165, 1.54) is 30.3 Å². The number of Topliss-reactive ketones (excluding diaryl/α,β-unsaturated/α-hetero) is 1. The quantitative estimate of drug-likeness (QED) is 0.317. The molecule has 0 unspecified atom stereocenters. The fourth-order valence-corrected chi connectivity index (χ4v) is 3.32. The Hall–Kier alpha value is -3.93. The Balaban J connectivity index is 1.61. The molecule has 3 aromatic carbocycles. The first-order valence-corrected chi connectivity index (χ1v) is 9.74. The van der Waals surface area contributed by atoms with Crippen LogP contribution in [-0.4, -0.2) is 18.4 Å². The number of ether oxygens (including phenoxy) is 3. The lowest BCUT2D eigenvalue weighted by Crippen LogP contribution is -2.08. The summed E-state index contributed by atoms with van der Waals surface area (Å²) in [5, 5.41) is 0. The van der Waals surface area contributed by atoms with Crippen molar-refractivity contribution in [3.63, 3.8) is 0 Å². The molecule has 0 amide bonds. The smallest absolute Gasteiger partial charge is 0.343 e. The number of hydrogen-bond acceptors (Lipinski definition) is 5. The molecule has 1 aliphatic heterocycles. The largest absolute Gasteiger partial charge is 0.493 e. The highest BCUT2D eigenvalue weighted by atomic mass is 19.1. The van der Waals surface area contributed by atoms with E-state index in [9.17, 15) is 14.0 Å². The maximum atomic E-state index is 13.1. The standard InChI is InChI=1S/C25H19FO5/c1-3-29-20-7-5-4-6-17(20)13-22-24(27)23-15(2)12-19(14-21(23)31-22)30-25(28)16-8-10-18(26)11-9-16/h4-14H,3H2,1-2H3/b22-13-. The van der Waals surface area contributed by atoms with Gasteiger partial charge in [0, 0.05) is 11.6 Å². The van der Waals surface area contributed by atoms with E-state index in [1.54, 1.807) is 19.1 Å². The number of hydrogen-bond donors (Lipinski definition) is 0. The van der Waals surface area contributed by atoms with Crippen molar-refractivity contribution in [1.82, 2.24) is 0 Å². The average molecular weight is 418 g/mol. The van der Waals surface area contributed by atoms with Crippen molar-refractivity contribution in [1.29, 1.82) is 0 Å². The molecule has 0 atom stereocenters. The molecule has 3 aromatic rings. The second-order valence-electron chi connectivity index (χ2n) is 6.92. The van der Waals surface area contributed by atoms with Crippen molar-refractivity contribution >= 4 is 17.8 Å². The van der Waals surface area contributed by atoms with Crippen LogP contribution in [0, 0.1) is 12.7 Å². The molecule has 1 aliphatic rings. The van der Waals surface area contributed by atoms with Crippen molar-refractivity contribution in [2.45, 2.75) is 13.8 Å². The summed E-state index contributed by atoms with van der Waals surface area (Å²) in [7, 11) is 0. The number of allylic oxidation sites excluding steroid dienone is 1. The van der Waals surface area contributed by atoms with Gasteiger partial charge in [-0.1, -0.05) is 18.2 Å². The van der Waals surface area contributed by atoms with E-state index in [4.69, 9.17) is 14.2 Å². The lowest BCUT2D eigenvalue weighted by molar-refractivity contribution is 0.0734. The minimum absolute atomic E-state index is 0.160. The zero-order chi connectivity index (χ0) is 22.0. The topological polar surface area (TPSA) is 61.8 Å². The summed E-state index contributed by atoms with van der Waals surface area (Å²) in [6.07, 6.45) is 1.64. The van der Waals surface area contributed by atoms with Crippen LogP contribution in [0.3, 0.4) is 0 Å². The normalized spacial score (nSPS) is 13.6. The summed E-state index contributed by atoms with van der Waals surface area (Å²) in [5.74, 6) is 0.0199. The van der Waals surface area contributed by atoms with Gasteiger partial charge >= 0.3 is 5.97 Å². The molecule has 0 bridgehead atoms. The van der Waals surface area contributed by atoms with E-state index in [2.05, 4.69) is 0 Å². The zero-order valence-electron chi connectivity index (χ0n) is 17.0. The van der Waals surface area contributed by atoms with Crippen molar-refractivity contribution in [2.24, 2.45) is 0 Å². The Kier molecular flexibility index (Phi) is 5.54. The summed E-state index contributed by atoms with van der Waals surface area (Å²) < 4.78 is 29.9. The van der Waals surface area contributed by atoms with Crippen molar-refractivity contribution in [3.05, 3.63) is 94.5 Å². The van der Waals surface area contributed by atoms with Gasteiger partial charge in [0.1, 0.15) is 23.1 Å². The summed E-state index contributed by atoms with van der Waals surface area (Å²) >= 11 is 0. The number of esters is 1. The van der Waals surface area contributed by atoms with Crippen LogP contribution in [-0.2, 0) is 0 Å². The number of rotatable bonds is 5. The highest BCUT2D eigenvalue weighted by Gasteiger charge is 2.30. The van der Waals surface area contributed by atoms with E-state index in [0.717, 1.165) is 5.56 Å². The van der Waals surface area contributed by atoms with E-state index in [-0.39, 0.29) is 22.9 Å². The molecule has 0 spiro atoms. The first-order valence-electron chi connectivity index (χ1n) is 9.74. The van der Waals surface area contributed by atoms with Gasteiger partial charge in [0.15, 0.2) is 5.76 Å². The van der Waals surface area contributed by atoms with Crippen LogP contribution in [0.25, 0.3) is 6.08 Å². The Bertz CT molecular complexity index is 1200. The minimum Gasteiger partial charge on any atom is -0.493 e. The molecule has 0 aromatic heterocycles. The second-order valence-corrected chi connectivity index (χ2v) is 6.92. The van der Waals surface area contributed by atoms with Crippen LogP contribution >= 0.6 is 0 Å². The predicted octanol–water partition coefficient (Wildman–Crippen LogP) is 5.37. The van der Waals surface area contributed by atoms with Gasteiger partial charge in [-0.25, -0.2) is 9.18 Å². The first-order chi connectivity index (χ1) is 15.0. The molecular weight excluding hydrogens is 399 g/mol. The van der Waals surface area contributed by atoms with Crippen LogP contribution in [0.1, 0.15) is 38.8 Å². The third-order valence-corrected chi connectivity index (χ3v) is 4.74. The lowest BCUT2D eigenvalue weighted by Gasteiger charge is -2.08. The Morgan fingerprint density at radius 1 is 1.10 bits per heavy atom. The van der Waals surface area contributed by atoms with Gasteiger partial charge in [0.2, 0.25) is 5.78 Å². The third kappa shape index (κ3) is 4.19. The molecule has 4 rings (SSSR count). The van der Waals surface area contributed by atoms with Crippen LogP contribution in [0.4, 0.5) is 4.39 Å². The van der Waals surface area contributed by atoms with E-state index in [1.807, 2.05) is 31.2 Å². The van der Waals surface area contributed by atoms with E-state index >= 15 is 0 Å². The Morgan fingerprint density at radius 3 is 2.58 bits per heavy atom. The highest BCUT2D eigenvalue weighted by Crippen LogP contribution is 2.38. The summed E-state index contributed by atoms with van der Waals surface area (Å²) in [4.78, 5) is 25.2. The van der Waals surface area contributed by atoms with Gasteiger partial charge in [0.05, 0.1) is 17.7 Å². The van der Waals surface area contributed by atoms with Crippen LogP contribution < -0.4 is 14.2 Å². The molecule has 0 radical (unpaired) electrons. The van der Waals surface area contributed by atoms with Crippen LogP contribution in [0.15, 0.2) is 66.4 Å². The molecule has 0 saturated carbocycles. The fraction of sp³-hybridized carbons (Fsp3) is 0.120. The molecule has 0 aliphatic carbocycles. The van der Waals surface area contributed by atoms with E-state index < -0.39 is 11.8 Å². The number of carbonyl (C=O) groups is 2. The van der Waals surface area contributed by atoms with Crippen molar-refractivity contribution in [2.75, 3.05) is 6.61 Å².